The van der Waals surface area contributed by atoms with Gasteiger partial charge in [-0.25, -0.2) is 4.79 Å². The molecule has 20 heavy (non-hydrogen) atoms. The highest BCUT2D eigenvalue weighted by Gasteiger charge is 2.12. The fourth-order valence-electron chi connectivity index (χ4n) is 1.30. The van der Waals surface area contributed by atoms with Crippen LogP contribution in [0.25, 0.3) is 0 Å². The van der Waals surface area contributed by atoms with Crippen molar-refractivity contribution in [1.82, 2.24) is 0 Å². The van der Waals surface area contributed by atoms with Gasteiger partial charge in [-0.05, 0) is 24.3 Å². The van der Waals surface area contributed by atoms with E-state index < -0.39 is 14.6 Å². The fourth-order valence-corrected chi connectivity index (χ4v) is 1.30. The van der Waals surface area contributed by atoms with Crippen molar-refractivity contribution in [1.29, 1.82) is 0 Å². The van der Waals surface area contributed by atoms with E-state index in [4.69, 9.17) is 19.4 Å². The normalized spacial score (nSPS) is 9.60. The molecule has 0 bridgehead atoms. The molecular weight excluding hydrogens is 283 g/mol. The molecule has 2 aromatic rings. The molecule has 0 unspecified atom stereocenters. The monoisotopic (exact) mass is 296 g/mol. The Morgan fingerprint density at radius 2 is 1.40 bits per heavy atom. The lowest BCUT2D eigenvalue weighted by Gasteiger charge is -2.04. The second-order valence-corrected chi connectivity index (χ2v) is 4.02. The highest BCUT2D eigenvalue weighted by Crippen LogP contribution is 2.18. The lowest BCUT2D eigenvalue weighted by atomic mass is 10.2. The van der Waals surface area contributed by atoms with Gasteiger partial charge in [0.2, 0.25) is 0 Å². The maximum Gasteiger partial charge on any atom is 0.347 e. The Hall–Kier alpha value is -1.98. The topological polar surface area (TPSA) is 107 Å². The van der Waals surface area contributed by atoms with Crippen LogP contribution in [-0.4, -0.2) is 25.8 Å². The van der Waals surface area contributed by atoms with Crippen LogP contribution in [0.15, 0.2) is 54.6 Å². The van der Waals surface area contributed by atoms with Crippen LogP contribution in [0.1, 0.15) is 10.4 Å². The molecule has 7 heteroatoms. The summed E-state index contributed by atoms with van der Waals surface area (Å²) in [5, 5.41) is 9.46. The first-order valence-corrected chi connectivity index (χ1v) is 6.62. The molecule has 0 amide bonds. The van der Waals surface area contributed by atoms with Gasteiger partial charge in [0.1, 0.15) is 17.1 Å². The van der Waals surface area contributed by atoms with Crippen LogP contribution in [0, 0.1) is 0 Å². The molecule has 0 saturated carbocycles. The minimum absolute atomic E-state index is 0.0802. The number of benzene rings is 2. The second-order valence-electron chi connectivity index (χ2n) is 3.49. The summed E-state index contributed by atoms with van der Waals surface area (Å²) < 4.78 is 5.08. The predicted octanol–water partition coefficient (Wildman–Crippen LogP) is 1.80. The highest BCUT2D eigenvalue weighted by molar-refractivity contribution is 7.38. The number of rotatable bonds is 2. The summed E-state index contributed by atoms with van der Waals surface area (Å²) in [5.74, 6) is -0.191. The number of carbonyl (C=O) groups excluding carboxylic acids is 1. The van der Waals surface area contributed by atoms with E-state index >= 15 is 0 Å². The zero-order valence-electron chi connectivity index (χ0n) is 10.2. The average Bonchev–Trinajstić information content (AvgIpc) is 2.39. The van der Waals surface area contributed by atoms with E-state index in [0.717, 1.165) is 0 Å². The first-order valence-electron chi connectivity index (χ1n) is 5.42. The third kappa shape index (κ3) is 5.77. The van der Waals surface area contributed by atoms with Gasteiger partial charge >= 0.3 is 14.6 Å². The largest absolute Gasteiger partial charge is 0.507 e. The van der Waals surface area contributed by atoms with Gasteiger partial charge in [-0.3, -0.25) is 0 Å². The SMILES string of the molecule is O=C(Oc1ccccc1)c1ccccc1O.OP(O)O. The molecule has 0 aliphatic rings. The number of hydrogen-bond donors (Lipinski definition) is 4. The minimum atomic E-state index is -2.62. The Bertz CT molecular complexity index is 541. The lowest BCUT2D eigenvalue weighted by Crippen LogP contribution is -2.08. The van der Waals surface area contributed by atoms with Crippen molar-refractivity contribution in [2.24, 2.45) is 0 Å². The van der Waals surface area contributed by atoms with E-state index in [0.29, 0.717) is 5.75 Å². The number of esters is 1. The molecule has 2 aromatic carbocycles. The summed E-state index contributed by atoms with van der Waals surface area (Å²) in [4.78, 5) is 33.3. The number of carbonyl (C=O) groups is 1. The molecule has 0 atom stereocenters. The third-order valence-corrected chi connectivity index (χ3v) is 2.08. The number of phenols is 1. The first kappa shape index (κ1) is 16.1. The van der Waals surface area contributed by atoms with E-state index in [1.807, 2.05) is 6.07 Å². The van der Waals surface area contributed by atoms with E-state index in [2.05, 4.69) is 0 Å². The van der Waals surface area contributed by atoms with Crippen molar-refractivity contribution in [3.63, 3.8) is 0 Å². The molecule has 0 spiro atoms. The molecule has 0 aromatic heterocycles. The summed E-state index contributed by atoms with van der Waals surface area (Å²) in [6.07, 6.45) is 0. The summed E-state index contributed by atoms with van der Waals surface area (Å²) in [6, 6.07) is 15.0. The number of aromatic hydroxyl groups is 1. The van der Waals surface area contributed by atoms with Gasteiger partial charge in [0.15, 0.2) is 0 Å². The van der Waals surface area contributed by atoms with Gasteiger partial charge in [0.05, 0.1) is 0 Å². The van der Waals surface area contributed by atoms with Gasteiger partial charge < -0.3 is 24.5 Å². The molecule has 0 aliphatic carbocycles. The molecule has 4 N–H and O–H groups in total. The van der Waals surface area contributed by atoms with Crippen LogP contribution in [-0.2, 0) is 0 Å². The van der Waals surface area contributed by atoms with Crippen LogP contribution in [0.4, 0.5) is 0 Å². The quantitative estimate of drug-likeness (QED) is 0.382. The van der Waals surface area contributed by atoms with Crippen LogP contribution in [0.2, 0.25) is 0 Å². The van der Waals surface area contributed by atoms with Crippen molar-refractivity contribution < 1.29 is 29.3 Å². The number of para-hydroxylation sites is 2. The average molecular weight is 296 g/mol. The Morgan fingerprint density at radius 1 is 0.900 bits per heavy atom. The molecule has 106 valence electrons. The predicted molar refractivity (Wildman–Crippen MR) is 73.1 cm³/mol. The van der Waals surface area contributed by atoms with Crippen LogP contribution in [0.3, 0.4) is 0 Å². The zero-order chi connectivity index (χ0) is 15.0. The Balaban J connectivity index is 0.000000444. The van der Waals surface area contributed by atoms with Crippen molar-refractivity contribution in [3.05, 3.63) is 60.2 Å². The maximum atomic E-state index is 11.7. The molecule has 0 fully saturated rings. The number of hydrogen-bond acceptors (Lipinski definition) is 6. The third-order valence-electron chi connectivity index (χ3n) is 2.08. The van der Waals surface area contributed by atoms with E-state index in [9.17, 15) is 9.90 Å². The Morgan fingerprint density at radius 3 is 1.95 bits per heavy atom. The van der Waals surface area contributed by atoms with Gasteiger partial charge in [-0.2, -0.15) is 0 Å². The van der Waals surface area contributed by atoms with Crippen molar-refractivity contribution >= 4 is 14.6 Å². The van der Waals surface area contributed by atoms with E-state index in [-0.39, 0.29) is 11.3 Å². The van der Waals surface area contributed by atoms with Gasteiger partial charge in [0.25, 0.3) is 0 Å². The molecule has 2 rings (SSSR count). The molecular formula is C13H13O6P. The summed E-state index contributed by atoms with van der Waals surface area (Å²) in [5.41, 5.74) is 0.159. The number of ether oxygens (including phenoxy) is 1. The minimum Gasteiger partial charge on any atom is -0.507 e. The standard InChI is InChI=1S/C13H10O3.H3O3P/c14-12-9-5-4-8-11(12)13(15)16-10-6-2-1-3-7-10;1-4(2)3/h1-9,14H;1-3H. The maximum absolute atomic E-state index is 11.7. The molecule has 0 aliphatic heterocycles. The summed E-state index contributed by atoms with van der Waals surface area (Å²) in [6.45, 7) is 0. The Kier molecular flexibility index (Phi) is 6.63. The first-order chi connectivity index (χ1) is 9.50. The lowest BCUT2D eigenvalue weighted by molar-refractivity contribution is 0.0731. The van der Waals surface area contributed by atoms with E-state index in [1.54, 1.807) is 36.4 Å². The summed E-state index contributed by atoms with van der Waals surface area (Å²) >= 11 is 0. The molecule has 0 radical (unpaired) electrons. The van der Waals surface area contributed by atoms with Gasteiger partial charge in [0, 0.05) is 0 Å². The summed E-state index contributed by atoms with van der Waals surface area (Å²) in [7, 11) is -2.62. The van der Waals surface area contributed by atoms with Crippen molar-refractivity contribution in [2.45, 2.75) is 0 Å². The highest BCUT2D eigenvalue weighted by atomic mass is 31.2. The van der Waals surface area contributed by atoms with Crippen molar-refractivity contribution in [3.8, 4) is 11.5 Å². The van der Waals surface area contributed by atoms with Crippen LogP contribution >= 0.6 is 8.60 Å². The van der Waals surface area contributed by atoms with E-state index in [1.165, 1.54) is 12.1 Å². The molecule has 0 saturated heterocycles. The van der Waals surface area contributed by atoms with Crippen LogP contribution < -0.4 is 4.74 Å². The number of phenolic OH excluding ortho intramolecular Hbond substituents is 1. The second kappa shape index (κ2) is 8.24. The smallest absolute Gasteiger partial charge is 0.347 e. The molecule has 0 heterocycles. The van der Waals surface area contributed by atoms with Gasteiger partial charge in [-0.15, -0.1) is 0 Å². The fraction of sp³-hybridized carbons (Fsp3) is 0. The van der Waals surface area contributed by atoms with Gasteiger partial charge in [-0.1, -0.05) is 30.3 Å². The van der Waals surface area contributed by atoms with Crippen molar-refractivity contribution in [2.75, 3.05) is 0 Å². The molecule has 6 nitrogen and oxygen atoms in total. The zero-order valence-corrected chi connectivity index (χ0v) is 11.1. The Labute approximate surface area is 116 Å². The van der Waals surface area contributed by atoms with Crippen LogP contribution in [0.5, 0.6) is 11.5 Å².